The molecule has 1 aromatic heterocycles. The molecule has 0 bridgehead atoms. The minimum absolute atomic E-state index is 0.0549. The van der Waals surface area contributed by atoms with E-state index in [1.165, 1.54) is 12.8 Å². The zero-order valence-electron chi connectivity index (χ0n) is 10.9. The third-order valence-corrected chi connectivity index (χ3v) is 3.59. The second-order valence-corrected chi connectivity index (χ2v) is 5.08. The molecule has 1 saturated carbocycles. The molecule has 1 fully saturated rings. The van der Waals surface area contributed by atoms with Crippen LogP contribution in [0, 0.1) is 5.92 Å². The number of para-hydroxylation sites is 1. The highest BCUT2D eigenvalue weighted by Crippen LogP contribution is 2.32. The van der Waals surface area contributed by atoms with Gasteiger partial charge in [-0.25, -0.2) is 4.98 Å². The van der Waals surface area contributed by atoms with E-state index in [0.29, 0.717) is 11.6 Å². The molecule has 2 aromatic rings. The number of carbonyl (C=O) groups excluding carboxylic acids is 1. The highest BCUT2D eigenvalue weighted by molar-refractivity contribution is 5.93. The van der Waals surface area contributed by atoms with Crippen molar-refractivity contribution in [3.8, 4) is 5.69 Å². The van der Waals surface area contributed by atoms with Crippen LogP contribution in [0.4, 0.5) is 0 Å². The molecule has 1 aliphatic rings. The fraction of sp³-hybridized carbons (Fsp3) is 0.333. The number of imidazole rings is 1. The summed E-state index contributed by atoms with van der Waals surface area (Å²) < 4.78 is 1.81. The van der Waals surface area contributed by atoms with Crippen LogP contribution >= 0.6 is 0 Å². The molecule has 4 nitrogen and oxygen atoms in total. The molecule has 4 heteroatoms. The molecule has 0 spiro atoms. The smallest absolute Gasteiger partial charge is 0.270 e. The van der Waals surface area contributed by atoms with Crippen molar-refractivity contribution >= 4 is 5.91 Å². The first-order valence-electron chi connectivity index (χ1n) is 6.64. The predicted molar refractivity (Wildman–Crippen MR) is 73.2 cm³/mol. The average molecular weight is 255 g/mol. The first-order chi connectivity index (χ1) is 9.25. The standard InChI is InChI=1S/C15H17N3O/c1-11(12-7-8-12)17-15(19)14-9-16-10-18(14)13-5-3-2-4-6-13/h2-6,9-12H,7-8H2,1H3,(H,17,19)/t11-/m0/s1. The number of benzene rings is 1. The maximum absolute atomic E-state index is 12.3. The maximum Gasteiger partial charge on any atom is 0.270 e. The molecule has 0 aliphatic heterocycles. The molecule has 98 valence electrons. The minimum atomic E-state index is -0.0549. The topological polar surface area (TPSA) is 46.9 Å². The lowest BCUT2D eigenvalue weighted by atomic mass is 10.2. The lowest BCUT2D eigenvalue weighted by molar-refractivity contribution is 0.0929. The number of aromatic nitrogens is 2. The number of rotatable bonds is 4. The van der Waals surface area contributed by atoms with Gasteiger partial charge in [-0.3, -0.25) is 9.36 Å². The maximum atomic E-state index is 12.3. The summed E-state index contributed by atoms with van der Waals surface area (Å²) >= 11 is 0. The fourth-order valence-electron chi connectivity index (χ4n) is 2.25. The largest absolute Gasteiger partial charge is 0.348 e. The predicted octanol–water partition coefficient (Wildman–Crippen LogP) is 2.40. The second kappa shape index (κ2) is 4.88. The van der Waals surface area contributed by atoms with E-state index in [9.17, 15) is 4.79 Å². The van der Waals surface area contributed by atoms with Crippen LogP contribution in [0.25, 0.3) is 5.69 Å². The van der Waals surface area contributed by atoms with E-state index in [2.05, 4.69) is 17.2 Å². The van der Waals surface area contributed by atoms with Crippen molar-refractivity contribution in [2.24, 2.45) is 5.92 Å². The molecule has 3 rings (SSSR count). The van der Waals surface area contributed by atoms with Crippen molar-refractivity contribution in [1.82, 2.24) is 14.9 Å². The van der Waals surface area contributed by atoms with Crippen LogP contribution in [0.5, 0.6) is 0 Å². The fourth-order valence-corrected chi connectivity index (χ4v) is 2.25. The van der Waals surface area contributed by atoms with Gasteiger partial charge in [0.2, 0.25) is 0 Å². The Bertz CT molecular complexity index is 572. The Labute approximate surface area is 112 Å². The zero-order valence-corrected chi connectivity index (χ0v) is 10.9. The van der Waals surface area contributed by atoms with Gasteiger partial charge in [0.1, 0.15) is 5.69 Å². The summed E-state index contributed by atoms with van der Waals surface area (Å²) in [5, 5.41) is 3.05. The van der Waals surface area contributed by atoms with Crippen LogP contribution in [0.3, 0.4) is 0 Å². The van der Waals surface area contributed by atoms with E-state index in [-0.39, 0.29) is 11.9 Å². The summed E-state index contributed by atoms with van der Waals surface area (Å²) in [6.07, 6.45) is 5.73. The molecule has 1 N–H and O–H groups in total. The van der Waals surface area contributed by atoms with E-state index in [1.807, 2.05) is 34.9 Å². The SMILES string of the molecule is C[C@H](NC(=O)c1cncn1-c1ccccc1)C1CC1. The van der Waals surface area contributed by atoms with E-state index >= 15 is 0 Å². The van der Waals surface area contributed by atoms with Gasteiger partial charge in [-0.05, 0) is 37.8 Å². The summed E-state index contributed by atoms with van der Waals surface area (Å²) in [6.45, 7) is 2.07. The second-order valence-electron chi connectivity index (χ2n) is 5.08. The summed E-state index contributed by atoms with van der Waals surface area (Å²) in [5.74, 6) is 0.595. The van der Waals surface area contributed by atoms with Crippen LogP contribution in [0.15, 0.2) is 42.9 Å². The van der Waals surface area contributed by atoms with Gasteiger partial charge in [0.15, 0.2) is 0 Å². The molecule has 1 amide bonds. The Balaban J connectivity index is 1.81. The van der Waals surface area contributed by atoms with Crippen molar-refractivity contribution in [2.75, 3.05) is 0 Å². The van der Waals surface area contributed by atoms with Crippen molar-refractivity contribution in [1.29, 1.82) is 0 Å². The number of nitrogens with zero attached hydrogens (tertiary/aromatic N) is 2. The van der Waals surface area contributed by atoms with Crippen molar-refractivity contribution in [2.45, 2.75) is 25.8 Å². The van der Waals surface area contributed by atoms with Crippen LogP contribution in [0.2, 0.25) is 0 Å². The highest BCUT2D eigenvalue weighted by Gasteiger charge is 2.29. The van der Waals surface area contributed by atoms with Gasteiger partial charge in [0.05, 0.1) is 12.5 Å². The lowest BCUT2D eigenvalue weighted by Gasteiger charge is -2.13. The molecule has 0 saturated heterocycles. The third kappa shape index (κ3) is 2.52. The molecule has 0 unspecified atom stereocenters. The van der Waals surface area contributed by atoms with Crippen molar-refractivity contribution in [3.05, 3.63) is 48.5 Å². The molecule has 1 aromatic carbocycles. The molecule has 1 aliphatic carbocycles. The lowest BCUT2D eigenvalue weighted by Crippen LogP contribution is -2.35. The Morgan fingerprint density at radius 1 is 1.37 bits per heavy atom. The van der Waals surface area contributed by atoms with E-state index in [4.69, 9.17) is 0 Å². The van der Waals surface area contributed by atoms with Crippen LogP contribution in [0.1, 0.15) is 30.3 Å². The van der Waals surface area contributed by atoms with Crippen LogP contribution in [-0.4, -0.2) is 21.5 Å². The quantitative estimate of drug-likeness (QED) is 0.912. The number of nitrogens with one attached hydrogen (secondary N) is 1. The molecular formula is C15H17N3O. The first kappa shape index (κ1) is 12.0. The third-order valence-electron chi connectivity index (χ3n) is 3.59. The minimum Gasteiger partial charge on any atom is -0.348 e. The van der Waals surface area contributed by atoms with Gasteiger partial charge >= 0.3 is 0 Å². The van der Waals surface area contributed by atoms with E-state index in [0.717, 1.165) is 5.69 Å². The van der Waals surface area contributed by atoms with Gasteiger partial charge in [0, 0.05) is 11.7 Å². The van der Waals surface area contributed by atoms with Crippen molar-refractivity contribution in [3.63, 3.8) is 0 Å². The molecular weight excluding hydrogens is 238 g/mol. The van der Waals surface area contributed by atoms with Gasteiger partial charge in [-0.15, -0.1) is 0 Å². The Morgan fingerprint density at radius 2 is 2.11 bits per heavy atom. The highest BCUT2D eigenvalue weighted by atomic mass is 16.2. The average Bonchev–Trinajstić information content (AvgIpc) is 3.17. The van der Waals surface area contributed by atoms with E-state index in [1.54, 1.807) is 12.5 Å². The van der Waals surface area contributed by atoms with Gasteiger partial charge in [0.25, 0.3) is 5.91 Å². The number of amides is 1. The monoisotopic (exact) mass is 255 g/mol. The summed E-state index contributed by atoms with van der Waals surface area (Å²) in [4.78, 5) is 16.4. The Kier molecular flexibility index (Phi) is 3.07. The summed E-state index contributed by atoms with van der Waals surface area (Å²) in [7, 11) is 0. The Morgan fingerprint density at radius 3 is 2.79 bits per heavy atom. The molecule has 1 atom stereocenters. The van der Waals surface area contributed by atoms with E-state index < -0.39 is 0 Å². The zero-order chi connectivity index (χ0) is 13.2. The van der Waals surface area contributed by atoms with Crippen LogP contribution in [-0.2, 0) is 0 Å². The number of hydrogen-bond acceptors (Lipinski definition) is 2. The van der Waals surface area contributed by atoms with Crippen molar-refractivity contribution < 1.29 is 4.79 Å². The molecule has 19 heavy (non-hydrogen) atoms. The summed E-state index contributed by atoms with van der Waals surface area (Å²) in [5.41, 5.74) is 1.53. The Hall–Kier alpha value is -2.10. The number of hydrogen-bond donors (Lipinski definition) is 1. The normalized spacial score (nSPS) is 16.1. The molecule has 0 radical (unpaired) electrons. The number of carbonyl (C=O) groups is 1. The van der Waals surface area contributed by atoms with Gasteiger partial charge in [-0.2, -0.15) is 0 Å². The van der Waals surface area contributed by atoms with Gasteiger partial charge < -0.3 is 5.32 Å². The summed E-state index contributed by atoms with van der Waals surface area (Å²) in [6, 6.07) is 10.0. The van der Waals surface area contributed by atoms with Crippen LogP contribution < -0.4 is 5.32 Å². The molecule has 1 heterocycles. The van der Waals surface area contributed by atoms with Gasteiger partial charge in [-0.1, -0.05) is 18.2 Å². The first-order valence-corrected chi connectivity index (χ1v) is 6.64.